The number of rotatable bonds is 6. The number of anilines is 1. The number of hydrogen-bond acceptors (Lipinski definition) is 4. The molecule has 3 N–H and O–H groups in total. The summed E-state index contributed by atoms with van der Waals surface area (Å²) in [5, 5.41) is 0. The highest BCUT2D eigenvalue weighted by atomic mass is 16.5. The third kappa shape index (κ3) is 3.84. The average molecular weight is 293 g/mol. The van der Waals surface area contributed by atoms with Crippen molar-refractivity contribution in [3.8, 4) is 0 Å². The molecule has 2 rings (SSSR count). The number of hydrogen-bond donors (Lipinski definition) is 2. The number of ether oxygens (including phenoxy) is 1. The molecule has 1 heterocycles. The lowest BCUT2D eigenvalue weighted by atomic mass is 9.85. The Morgan fingerprint density at radius 1 is 1.33 bits per heavy atom. The monoisotopic (exact) mass is 293 g/mol. The van der Waals surface area contributed by atoms with Crippen molar-refractivity contribution in [3.63, 3.8) is 0 Å². The van der Waals surface area contributed by atoms with Crippen LogP contribution >= 0.6 is 0 Å². The standard InChI is InChI=1S/C16H27N3O2/c1-3-8-12-14(17)18-15(19-16(12)20)13(21-4-2)11-9-6-5-7-10-11/h11,13H,3-10H2,1-2H3,(H3,17,18,19,20). The summed E-state index contributed by atoms with van der Waals surface area (Å²) in [6.45, 7) is 4.61. The van der Waals surface area contributed by atoms with E-state index in [9.17, 15) is 4.79 Å². The molecule has 0 radical (unpaired) electrons. The molecule has 1 fully saturated rings. The van der Waals surface area contributed by atoms with Gasteiger partial charge in [0.1, 0.15) is 17.7 Å². The first-order valence-electron chi connectivity index (χ1n) is 8.17. The van der Waals surface area contributed by atoms with Gasteiger partial charge in [-0.05, 0) is 32.1 Å². The molecule has 0 saturated heterocycles. The third-order valence-corrected chi connectivity index (χ3v) is 4.26. The first-order valence-corrected chi connectivity index (χ1v) is 8.17. The minimum absolute atomic E-state index is 0.111. The molecule has 21 heavy (non-hydrogen) atoms. The van der Waals surface area contributed by atoms with E-state index in [-0.39, 0.29) is 11.7 Å². The van der Waals surface area contributed by atoms with E-state index in [0.29, 0.717) is 36.2 Å². The predicted molar refractivity (Wildman–Crippen MR) is 84.2 cm³/mol. The maximum absolute atomic E-state index is 12.2. The number of nitrogens with zero attached hydrogens (tertiary/aromatic N) is 1. The number of H-pyrrole nitrogens is 1. The second-order valence-electron chi connectivity index (χ2n) is 5.84. The van der Waals surface area contributed by atoms with Crippen molar-refractivity contribution in [2.75, 3.05) is 12.3 Å². The van der Waals surface area contributed by atoms with Crippen LogP contribution in [-0.2, 0) is 11.2 Å². The maximum Gasteiger partial charge on any atom is 0.256 e. The van der Waals surface area contributed by atoms with Gasteiger partial charge < -0.3 is 15.5 Å². The minimum atomic E-state index is -0.138. The molecular weight excluding hydrogens is 266 g/mol. The molecule has 1 aliphatic carbocycles. The molecule has 0 amide bonds. The summed E-state index contributed by atoms with van der Waals surface area (Å²) in [6.07, 6.45) is 7.40. The van der Waals surface area contributed by atoms with E-state index in [1.54, 1.807) is 0 Å². The number of nitrogens with one attached hydrogen (secondary N) is 1. The van der Waals surface area contributed by atoms with Gasteiger partial charge in [0.2, 0.25) is 0 Å². The Morgan fingerprint density at radius 2 is 2.05 bits per heavy atom. The quantitative estimate of drug-likeness (QED) is 0.845. The van der Waals surface area contributed by atoms with Crippen LogP contribution in [0, 0.1) is 5.92 Å². The Bertz CT molecular complexity index is 507. The van der Waals surface area contributed by atoms with Crippen molar-refractivity contribution in [2.45, 2.75) is 64.9 Å². The maximum atomic E-state index is 12.2. The Kier molecular flexibility index (Phi) is 5.79. The second kappa shape index (κ2) is 7.59. The summed E-state index contributed by atoms with van der Waals surface area (Å²) in [5.74, 6) is 1.39. The smallest absolute Gasteiger partial charge is 0.256 e. The summed E-state index contributed by atoms with van der Waals surface area (Å²) in [6, 6.07) is 0. The Labute approximate surface area is 126 Å². The highest BCUT2D eigenvalue weighted by Crippen LogP contribution is 2.35. The zero-order valence-corrected chi connectivity index (χ0v) is 13.2. The topological polar surface area (TPSA) is 81.0 Å². The molecule has 1 unspecified atom stereocenters. The van der Waals surface area contributed by atoms with Crippen molar-refractivity contribution in [3.05, 3.63) is 21.7 Å². The van der Waals surface area contributed by atoms with E-state index >= 15 is 0 Å². The molecular formula is C16H27N3O2. The van der Waals surface area contributed by atoms with Gasteiger partial charge in [0.25, 0.3) is 5.56 Å². The van der Waals surface area contributed by atoms with E-state index < -0.39 is 0 Å². The molecule has 1 aliphatic rings. The molecule has 5 heteroatoms. The van der Waals surface area contributed by atoms with Crippen LogP contribution in [0.2, 0.25) is 0 Å². The average Bonchev–Trinajstić information content (AvgIpc) is 2.49. The summed E-state index contributed by atoms with van der Waals surface area (Å²) >= 11 is 0. The van der Waals surface area contributed by atoms with Gasteiger partial charge in [-0.15, -0.1) is 0 Å². The van der Waals surface area contributed by atoms with Crippen molar-refractivity contribution in [1.82, 2.24) is 9.97 Å². The Hall–Kier alpha value is -1.36. The molecule has 1 aromatic heterocycles. The summed E-state index contributed by atoms with van der Waals surface area (Å²) < 4.78 is 5.89. The third-order valence-electron chi connectivity index (χ3n) is 4.26. The van der Waals surface area contributed by atoms with E-state index in [1.165, 1.54) is 19.3 Å². The van der Waals surface area contributed by atoms with Gasteiger partial charge in [0.15, 0.2) is 0 Å². The first kappa shape index (κ1) is 16.0. The van der Waals surface area contributed by atoms with Gasteiger partial charge in [-0.1, -0.05) is 32.6 Å². The number of aromatic amines is 1. The number of aromatic nitrogens is 2. The lowest BCUT2D eigenvalue weighted by Crippen LogP contribution is -2.26. The van der Waals surface area contributed by atoms with Crippen LogP contribution < -0.4 is 11.3 Å². The van der Waals surface area contributed by atoms with Gasteiger partial charge >= 0.3 is 0 Å². The van der Waals surface area contributed by atoms with E-state index in [0.717, 1.165) is 19.3 Å². The number of nitrogen functional groups attached to an aromatic ring is 1. The van der Waals surface area contributed by atoms with E-state index in [2.05, 4.69) is 9.97 Å². The predicted octanol–water partition coefficient (Wildman–Crippen LogP) is 2.96. The first-order chi connectivity index (χ1) is 10.2. The van der Waals surface area contributed by atoms with Crippen molar-refractivity contribution < 1.29 is 4.74 Å². The molecule has 1 atom stereocenters. The van der Waals surface area contributed by atoms with Crippen molar-refractivity contribution in [2.24, 2.45) is 5.92 Å². The zero-order valence-electron chi connectivity index (χ0n) is 13.2. The van der Waals surface area contributed by atoms with Crippen LogP contribution in [0.4, 0.5) is 5.82 Å². The van der Waals surface area contributed by atoms with Crippen LogP contribution in [0.1, 0.15) is 69.9 Å². The van der Waals surface area contributed by atoms with Crippen LogP contribution in [0.15, 0.2) is 4.79 Å². The molecule has 118 valence electrons. The van der Waals surface area contributed by atoms with E-state index in [4.69, 9.17) is 10.5 Å². The summed E-state index contributed by atoms with van der Waals surface area (Å²) in [4.78, 5) is 19.6. The largest absolute Gasteiger partial charge is 0.383 e. The molecule has 5 nitrogen and oxygen atoms in total. The zero-order chi connectivity index (χ0) is 15.2. The molecule has 1 saturated carbocycles. The van der Waals surface area contributed by atoms with Gasteiger partial charge in [-0.3, -0.25) is 4.79 Å². The van der Waals surface area contributed by atoms with Gasteiger partial charge in [-0.2, -0.15) is 0 Å². The van der Waals surface area contributed by atoms with Crippen molar-refractivity contribution >= 4 is 5.82 Å². The fourth-order valence-corrected chi connectivity index (χ4v) is 3.21. The second-order valence-corrected chi connectivity index (χ2v) is 5.84. The molecule has 0 aliphatic heterocycles. The van der Waals surface area contributed by atoms with Gasteiger partial charge in [0.05, 0.1) is 5.56 Å². The fourth-order valence-electron chi connectivity index (χ4n) is 3.21. The normalized spacial score (nSPS) is 17.8. The molecule has 0 aromatic carbocycles. The lowest BCUT2D eigenvalue weighted by Gasteiger charge is -2.29. The van der Waals surface area contributed by atoms with Crippen LogP contribution in [0.3, 0.4) is 0 Å². The van der Waals surface area contributed by atoms with Crippen LogP contribution in [0.25, 0.3) is 0 Å². The summed E-state index contributed by atoms with van der Waals surface area (Å²) in [7, 11) is 0. The van der Waals surface area contributed by atoms with E-state index in [1.807, 2.05) is 13.8 Å². The highest BCUT2D eigenvalue weighted by Gasteiger charge is 2.28. The lowest BCUT2D eigenvalue weighted by molar-refractivity contribution is -0.000266. The van der Waals surface area contributed by atoms with Gasteiger partial charge in [-0.25, -0.2) is 4.98 Å². The molecule has 0 bridgehead atoms. The highest BCUT2D eigenvalue weighted by molar-refractivity contribution is 5.38. The van der Waals surface area contributed by atoms with Gasteiger partial charge in [0, 0.05) is 6.61 Å². The SMILES string of the molecule is CCCc1c(N)nc(C(OCC)C2CCCCC2)[nH]c1=O. The summed E-state index contributed by atoms with van der Waals surface area (Å²) in [5.41, 5.74) is 6.47. The fraction of sp³-hybridized carbons (Fsp3) is 0.750. The van der Waals surface area contributed by atoms with Crippen LogP contribution in [-0.4, -0.2) is 16.6 Å². The molecule has 0 spiro atoms. The number of nitrogens with two attached hydrogens (primary N) is 1. The van der Waals surface area contributed by atoms with Crippen LogP contribution in [0.5, 0.6) is 0 Å². The van der Waals surface area contributed by atoms with Crippen molar-refractivity contribution in [1.29, 1.82) is 0 Å². The molecule has 1 aromatic rings. The Balaban J connectivity index is 2.29. The Morgan fingerprint density at radius 3 is 2.62 bits per heavy atom. The minimum Gasteiger partial charge on any atom is -0.383 e.